The summed E-state index contributed by atoms with van der Waals surface area (Å²) < 4.78 is 9.86. The second-order valence-electron chi connectivity index (χ2n) is 5.26. The van der Waals surface area contributed by atoms with Gasteiger partial charge in [0, 0.05) is 0 Å². The average molecular weight is 397 g/mol. The lowest BCUT2D eigenvalue weighted by molar-refractivity contribution is -0.149. The standard InChI is InChI=1S/C17H23N3O6S/c1-3-25-15(22)11-6-4-5-7-12(11)19-14(21)10-26-16(23)13(8-9-27-2)20-17(18)24/h4-7,13H,3,8-10H2,1-2H3,(H,19,21)(H3,18,20,24)/t13-/m1/s1. The summed E-state index contributed by atoms with van der Waals surface area (Å²) in [6, 6.07) is 4.52. The number of primary amides is 1. The van der Waals surface area contributed by atoms with Crippen molar-refractivity contribution in [2.45, 2.75) is 19.4 Å². The van der Waals surface area contributed by atoms with Crippen LogP contribution in [0.15, 0.2) is 24.3 Å². The van der Waals surface area contributed by atoms with Gasteiger partial charge in [0.15, 0.2) is 6.61 Å². The molecule has 4 N–H and O–H groups in total. The van der Waals surface area contributed by atoms with Crippen molar-refractivity contribution in [1.29, 1.82) is 0 Å². The van der Waals surface area contributed by atoms with Crippen molar-refractivity contribution in [1.82, 2.24) is 5.32 Å². The Morgan fingerprint density at radius 1 is 1.19 bits per heavy atom. The Morgan fingerprint density at radius 3 is 2.52 bits per heavy atom. The van der Waals surface area contributed by atoms with Gasteiger partial charge in [-0.05, 0) is 37.5 Å². The zero-order valence-corrected chi connectivity index (χ0v) is 16.0. The number of benzene rings is 1. The molecule has 0 unspecified atom stereocenters. The molecule has 0 bridgehead atoms. The lowest BCUT2D eigenvalue weighted by Crippen LogP contribution is -2.45. The molecule has 148 valence electrons. The number of ether oxygens (including phenoxy) is 2. The minimum atomic E-state index is -0.936. The molecule has 0 saturated heterocycles. The van der Waals surface area contributed by atoms with Gasteiger partial charge in [0.2, 0.25) is 0 Å². The van der Waals surface area contributed by atoms with Gasteiger partial charge in [-0.3, -0.25) is 4.79 Å². The van der Waals surface area contributed by atoms with Gasteiger partial charge < -0.3 is 25.8 Å². The number of hydrogen-bond acceptors (Lipinski definition) is 7. The van der Waals surface area contributed by atoms with Crippen LogP contribution in [-0.4, -0.2) is 55.1 Å². The molecule has 1 rings (SSSR count). The van der Waals surface area contributed by atoms with Crippen LogP contribution in [0.5, 0.6) is 0 Å². The predicted molar refractivity (Wildman–Crippen MR) is 101 cm³/mol. The van der Waals surface area contributed by atoms with Gasteiger partial charge in [-0.1, -0.05) is 12.1 Å². The van der Waals surface area contributed by atoms with Crippen molar-refractivity contribution in [2.24, 2.45) is 5.73 Å². The van der Waals surface area contributed by atoms with E-state index in [-0.39, 0.29) is 17.9 Å². The number of carbonyl (C=O) groups is 4. The van der Waals surface area contributed by atoms with E-state index in [0.717, 1.165) is 0 Å². The van der Waals surface area contributed by atoms with Crippen LogP contribution in [0.2, 0.25) is 0 Å². The highest BCUT2D eigenvalue weighted by molar-refractivity contribution is 7.98. The molecule has 0 aliphatic heterocycles. The Hall–Kier alpha value is -2.75. The number of carbonyl (C=O) groups excluding carboxylic acids is 4. The average Bonchev–Trinajstić information content (AvgIpc) is 2.63. The molecule has 10 heteroatoms. The normalized spacial score (nSPS) is 11.2. The van der Waals surface area contributed by atoms with Crippen LogP contribution in [0.4, 0.5) is 10.5 Å². The predicted octanol–water partition coefficient (Wildman–Crippen LogP) is 1.13. The first-order valence-electron chi connectivity index (χ1n) is 8.16. The minimum absolute atomic E-state index is 0.187. The molecule has 0 fully saturated rings. The fourth-order valence-electron chi connectivity index (χ4n) is 2.06. The van der Waals surface area contributed by atoms with Gasteiger partial charge in [0.25, 0.3) is 5.91 Å². The number of rotatable bonds is 10. The molecule has 3 amide bonds. The number of thioether (sulfide) groups is 1. The highest BCUT2D eigenvalue weighted by atomic mass is 32.2. The molecule has 0 aromatic heterocycles. The summed E-state index contributed by atoms with van der Waals surface area (Å²) in [5.41, 5.74) is 5.47. The number of hydrogen-bond donors (Lipinski definition) is 3. The quantitative estimate of drug-likeness (QED) is 0.503. The van der Waals surface area contributed by atoms with E-state index >= 15 is 0 Å². The maximum Gasteiger partial charge on any atom is 0.340 e. The SMILES string of the molecule is CCOC(=O)c1ccccc1NC(=O)COC(=O)[C@@H](CCSC)NC(N)=O. The molecule has 0 heterocycles. The van der Waals surface area contributed by atoms with Crippen LogP contribution in [0.25, 0.3) is 0 Å². The Labute approximate surface area is 161 Å². The van der Waals surface area contributed by atoms with Crippen LogP contribution >= 0.6 is 11.8 Å². The van der Waals surface area contributed by atoms with Crippen molar-refractivity contribution in [3.63, 3.8) is 0 Å². The van der Waals surface area contributed by atoms with Crippen LogP contribution in [0.3, 0.4) is 0 Å². The van der Waals surface area contributed by atoms with Crippen molar-refractivity contribution < 1.29 is 28.7 Å². The zero-order valence-electron chi connectivity index (χ0n) is 15.2. The third kappa shape index (κ3) is 7.99. The molecule has 1 aromatic rings. The number of esters is 2. The van der Waals surface area contributed by atoms with Crippen molar-refractivity contribution in [3.8, 4) is 0 Å². The molecule has 1 aromatic carbocycles. The van der Waals surface area contributed by atoms with Crippen LogP contribution in [-0.2, 0) is 19.1 Å². The summed E-state index contributed by atoms with van der Waals surface area (Å²) in [5.74, 6) is -1.38. The van der Waals surface area contributed by atoms with E-state index in [4.69, 9.17) is 15.2 Å². The summed E-state index contributed by atoms with van der Waals surface area (Å²) in [7, 11) is 0. The van der Waals surface area contributed by atoms with E-state index in [2.05, 4.69) is 10.6 Å². The number of amides is 3. The third-order valence-corrected chi connectivity index (χ3v) is 3.90. The van der Waals surface area contributed by atoms with Gasteiger partial charge in [-0.2, -0.15) is 11.8 Å². The molecule has 0 saturated carbocycles. The van der Waals surface area contributed by atoms with E-state index in [1.54, 1.807) is 19.1 Å². The van der Waals surface area contributed by atoms with E-state index in [1.807, 2.05) is 6.26 Å². The van der Waals surface area contributed by atoms with Gasteiger partial charge in [-0.15, -0.1) is 0 Å². The van der Waals surface area contributed by atoms with Crippen molar-refractivity contribution in [3.05, 3.63) is 29.8 Å². The maximum absolute atomic E-state index is 12.1. The largest absolute Gasteiger partial charge is 0.462 e. The summed E-state index contributed by atoms with van der Waals surface area (Å²) in [6.07, 6.45) is 2.16. The second kappa shape index (κ2) is 11.8. The molecule has 0 aliphatic carbocycles. The second-order valence-corrected chi connectivity index (χ2v) is 6.25. The Balaban J connectivity index is 2.65. The Kier molecular flexibility index (Phi) is 9.73. The van der Waals surface area contributed by atoms with Gasteiger partial charge >= 0.3 is 18.0 Å². The third-order valence-electron chi connectivity index (χ3n) is 3.25. The van der Waals surface area contributed by atoms with E-state index in [0.29, 0.717) is 12.2 Å². The molecular formula is C17H23N3O6S. The molecule has 9 nitrogen and oxygen atoms in total. The smallest absolute Gasteiger partial charge is 0.340 e. The van der Waals surface area contributed by atoms with E-state index in [1.165, 1.54) is 23.9 Å². The maximum atomic E-state index is 12.1. The van der Waals surface area contributed by atoms with Crippen molar-refractivity contribution in [2.75, 3.05) is 30.5 Å². The van der Waals surface area contributed by atoms with Crippen molar-refractivity contribution >= 4 is 41.3 Å². The number of anilines is 1. The molecule has 1 atom stereocenters. The molecule has 0 aliphatic rings. The molecule has 0 spiro atoms. The highest BCUT2D eigenvalue weighted by Gasteiger charge is 2.22. The number of nitrogens with one attached hydrogen (secondary N) is 2. The topological polar surface area (TPSA) is 137 Å². The van der Waals surface area contributed by atoms with Gasteiger partial charge in [0.1, 0.15) is 6.04 Å². The van der Waals surface area contributed by atoms with Crippen LogP contribution in [0.1, 0.15) is 23.7 Å². The molecule has 27 heavy (non-hydrogen) atoms. The highest BCUT2D eigenvalue weighted by Crippen LogP contribution is 2.16. The van der Waals surface area contributed by atoms with Gasteiger partial charge in [-0.25, -0.2) is 14.4 Å². The van der Waals surface area contributed by atoms with Crippen LogP contribution in [0, 0.1) is 0 Å². The minimum Gasteiger partial charge on any atom is -0.462 e. The summed E-state index contributed by atoms with van der Waals surface area (Å²) in [6.45, 7) is 1.29. The first kappa shape index (κ1) is 22.3. The summed E-state index contributed by atoms with van der Waals surface area (Å²) in [5, 5.41) is 4.78. The monoisotopic (exact) mass is 397 g/mol. The Bertz CT molecular complexity index is 682. The fourth-order valence-corrected chi connectivity index (χ4v) is 2.53. The zero-order chi connectivity index (χ0) is 20.2. The fraction of sp³-hybridized carbons (Fsp3) is 0.412. The summed E-state index contributed by atoms with van der Waals surface area (Å²) >= 11 is 1.49. The Morgan fingerprint density at radius 2 is 1.89 bits per heavy atom. The van der Waals surface area contributed by atoms with E-state index in [9.17, 15) is 19.2 Å². The number of nitrogens with two attached hydrogens (primary N) is 1. The van der Waals surface area contributed by atoms with Crippen LogP contribution < -0.4 is 16.4 Å². The lowest BCUT2D eigenvalue weighted by Gasteiger charge is -2.16. The molecule has 0 radical (unpaired) electrons. The van der Waals surface area contributed by atoms with E-state index < -0.39 is 36.5 Å². The number of para-hydroxylation sites is 1. The lowest BCUT2D eigenvalue weighted by atomic mass is 10.2. The molecular weight excluding hydrogens is 374 g/mol. The van der Waals surface area contributed by atoms with Gasteiger partial charge in [0.05, 0.1) is 17.9 Å². The summed E-state index contributed by atoms with van der Waals surface area (Å²) in [4.78, 5) is 47.0. The number of urea groups is 1. The first-order chi connectivity index (χ1) is 12.9. The first-order valence-corrected chi connectivity index (χ1v) is 9.56.